The van der Waals surface area contributed by atoms with Gasteiger partial charge in [-0.2, -0.15) is 0 Å². The van der Waals surface area contributed by atoms with Crippen LogP contribution in [0.15, 0.2) is 12.4 Å². The summed E-state index contributed by atoms with van der Waals surface area (Å²) in [5.41, 5.74) is 6.83. The lowest BCUT2D eigenvalue weighted by molar-refractivity contribution is 0.0928. The van der Waals surface area contributed by atoms with Gasteiger partial charge in [0.15, 0.2) is 0 Å². The summed E-state index contributed by atoms with van der Waals surface area (Å²) < 4.78 is 0. The van der Waals surface area contributed by atoms with Crippen LogP contribution in [-0.4, -0.2) is 33.1 Å². The van der Waals surface area contributed by atoms with E-state index >= 15 is 0 Å². The molecule has 0 spiro atoms. The van der Waals surface area contributed by atoms with Crippen LogP contribution in [0.5, 0.6) is 0 Å². The summed E-state index contributed by atoms with van der Waals surface area (Å²) in [6, 6.07) is -0.127. The summed E-state index contributed by atoms with van der Waals surface area (Å²) in [5, 5.41) is 12.1. The highest BCUT2D eigenvalue weighted by Gasteiger charge is 2.19. The van der Waals surface area contributed by atoms with Gasteiger partial charge in [-0.1, -0.05) is 0 Å². The molecule has 0 aliphatic rings. The van der Waals surface area contributed by atoms with Crippen molar-refractivity contribution < 1.29 is 9.90 Å². The van der Waals surface area contributed by atoms with Crippen molar-refractivity contribution in [3.05, 3.63) is 17.3 Å². The van der Waals surface area contributed by atoms with E-state index in [-0.39, 0.29) is 11.9 Å². The molecular weight excluding hydrogens is 264 g/mol. The fourth-order valence-corrected chi connectivity index (χ4v) is 2.80. The highest BCUT2D eigenvalue weighted by Crippen LogP contribution is 2.30. The monoisotopic (exact) mass is 280 g/mol. The van der Waals surface area contributed by atoms with Crippen LogP contribution in [0.1, 0.15) is 29.9 Å². The topological polar surface area (TPSA) is 101 Å². The Kier molecular flexibility index (Phi) is 3.96. The summed E-state index contributed by atoms with van der Waals surface area (Å²) in [6.07, 6.45) is 3.14. The number of aliphatic hydroxyl groups is 1. The van der Waals surface area contributed by atoms with Crippen molar-refractivity contribution in [2.75, 3.05) is 5.73 Å². The van der Waals surface area contributed by atoms with E-state index in [1.54, 1.807) is 19.3 Å². The van der Waals surface area contributed by atoms with Crippen molar-refractivity contribution in [3.63, 3.8) is 0 Å². The van der Waals surface area contributed by atoms with Gasteiger partial charge in [-0.3, -0.25) is 4.79 Å². The molecule has 6 nitrogen and oxygen atoms in total. The van der Waals surface area contributed by atoms with E-state index in [0.29, 0.717) is 27.3 Å². The second-order valence-electron chi connectivity index (χ2n) is 4.51. The average molecular weight is 280 g/mol. The number of carbonyl (C=O) groups excluding carboxylic acids is 1. The van der Waals surface area contributed by atoms with Gasteiger partial charge in [0.1, 0.15) is 15.2 Å². The van der Waals surface area contributed by atoms with E-state index in [1.807, 2.05) is 6.92 Å². The van der Waals surface area contributed by atoms with Crippen LogP contribution in [0, 0.1) is 0 Å². The molecule has 4 N–H and O–H groups in total. The van der Waals surface area contributed by atoms with Crippen molar-refractivity contribution in [1.29, 1.82) is 0 Å². The number of nitrogens with zero attached hydrogens (tertiary/aromatic N) is 2. The lowest BCUT2D eigenvalue weighted by Gasteiger charge is -2.14. The first-order chi connectivity index (χ1) is 8.99. The molecule has 2 rings (SSSR count). The third-order valence-corrected chi connectivity index (χ3v) is 3.74. The van der Waals surface area contributed by atoms with Gasteiger partial charge in [0.25, 0.3) is 5.91 Å². The van der Waals surface area contributed by atoms with Crippen molar-refractivity contribution in [1.82, 2.24) is 15.3 Å². The minimum atomic E-state index is -0.460. The molecule has 2 aromatic rings. The Bertz CT molecular complexity index is 596. The van der Waals surface area contributed by atoms with E-state index in [1.165, 1.54) is 11.3 Å². The number of rotatable bonds is 4. The number of hydrogen-bond acceptors (Lipinski definition) is 6. The van der Waals surface area contributed by atoms with Crippen molar-refractivity contribution in [2.24, 2.45) is 0 Å². The molecule has 0 aliphatic carbocycles. The number of thiophene rings is 1. The first kappa shape index (κ1) is 13.7. The highest BCUT2D eigenvalue weighted by molar-refractivity contribution is 7.21. The Balaban J connectivity index is 2.20. The number of carbonyl (C=O) groups is 1. The standard InChI is InChI=1S/C12H16N4O2S/c1-6(5-7(2)17)16-11(18)10-8(13)9-12(19-10)15-4-3-14-9/h3-4,6-7,17H,5,13H2,1-2H3,(H,16,18). The second-order valence-corrected chi connectivity index (χ2v) is 5.51. The van der Waals surface area contributed by atoms with E-state index in [9.17, 15) is 9.90 Å². The van der Waals surface area contributed by atoms with E-state index < -0.39 is 6.10 Å². The zero-order chi connectivity index (χ0) is 14.0. The fraction of sp³-hybridized carbons (Fsp3) is 0.417. The Morgan fingerprint density at radius 3 is 2.79 bits per heavy atom. The molecule has 7 heteroatoms. The summed E-state index contributed by atoms with van der Waals surface area (Å²) in [7, 11) is 0. The van der Waals surface area contributed by atoms with E-state index in [2.05, 4.69) is 15.3 Å². The molecule has 2 unspecified atom stereocenters. The SMILES string of the molecule is CC(O)CC(C)NC(=O)c1sc2nccnc2c1N. The van der Waals surface area contributed by atoms with Crippen LogP contribution in [0.4, 0.5) is 5.69 Å². The van der Waals surface area contributed by atoms with E-state index in [4.69, 9.17) is 5.73 Å². The maximum Gasteiger partial charge on any atom is 0.263 e. The van der Waals surface area contributed by atoms with Crippen molar-refractivity contribution in [2.45, 2.75) is 32.4 Å². The molecule has 0 bridgehead atoms. The molecule has 2 atom stereocenters. The Morgan fingerprint density at radius 1 is 1.47 bits per heavy atom. The van der Waals surface area contributed by atoms with Crippen molar-refractivity contribution >= 4 is 33.3 Å². The van der Waals surface area contributed by atoms with E-state index in [0.717, 1.165) is 0 Å². The smallest absolute Gasteiger partial charge is 0.263 e. The molecule has 1 amide bonds. The quantitative estimate of drug-likeness (QED) is 0.780. The number of aromatic nitrogens is 2. The number of nitrogens with two attached hydrogens (primary N) is 1. The number of nitrogens with one attached hydrogen (secondary N) is 1. The van der Waals surface area contributed by atoms with Gasteiger partial charge >= 0.3 is 0 Å². The van der Waals surface area contributed by atoms with Crippen molar-refractivity contribution in [3.8, 4) is 0 Å². The fourth-order valence-electron chi connectivity index (χ4n) is 1.87. The maximum atomic E-state index is 12.1. The number of nitrogen functional groups attached to an aromatic ring is 1. The van der Waals surface area contributed by atoms with Crippen LogP contribution >= 0.6 is 11.3 Å². The lowest BCUT2D eigenvalue weighted by Crippen LogP contribution is -2.34. The van der Waals surface area contributed by atoms with Crippen LogP contribution in [-0.2, 0) is 0 Å². The van der Waals surface area contributed by atoms with Gasteiger partial charge in [-0.05, 0) is 20.3 Å². The van der Waals surface area contributed by atoms with Crippen LogP contribution in [0.25, 0.3) is 10.3 Å². The third kappa shape index (κ3) is 2.99. The van der Waals surface area contributed by atoms with Crippen LogP contribution < -0.4 is 11.1 Å². The number of anilines is 1. The predicted molar refractivity (Wildman–Crippen MR) is 75.1 cm³/mol. The average Bonchev–Trinajstić information content (AvgIpc) is 2.66. The van der Waals surface area contributed by atoms with Gasteiger partial charge in [0.05, 0.1) is 11.8 Å². The zero-order valence-corrected chi connectivity index (χ0v) is 11.6. The Morgan fingerprint density at radius 2 is 2.16 bits per heavy atom. The molecule has 2 aromatic heterocycles. The summed E-state index contributed by atoms with van der Waals surface area (Å²) in [5.74, 6) is -0.254. The highest BCUT2D eigenvalue weighted by atomic mass is 32.1. The number of fused-ring (bicyclic) bond motifs is 1. The first-order valence-electron chi connectivity index (χ1n) is 5.97. The zero-order valence-electron chi connectivity index (χ0n) is 10.8. The molecular formula is C12H16N4O2S. The second kappa shape index (κ2) is 5.50. The van der Waals surface area contributed by atoms with Gasteiger partial charge in [-0.25, -0.2) is 9.97 Å². The summed E-state index contributed by atoms with van der Waals surface area (Å²) >= 11 is 1.22. The Hall–Kier alpha value is -1.73. The molecule has 0 aromatic carbocycles. The van der Waals surface area contributed by atoms with Crippen LogP contribution in [0.3, 0.4) is 0 Å². The number of aliphatic hydroxyl groups excluding tert-OH is 1. The largest absolute Gasteiger partial charge is 0.396 e. The molecule has 2 heterocycles. The van der Waals surface area contributed by atoms with Crippen LogP contribution in [0.2, 0.25) is 0 Å². The van der Waals surface area contributed by atoms with Gasteiger partial charge in [0.2, 0.25) is 0 Å². The summed E-state index contributed by atoms with van der Waals surface area (Å²) in [4.78, 5) is 21.4. The molecule has 19 heavy (non-hydrogen) atoms. The predicted octanol–water partition coefficient (Wildman–Crippen LogP) is 1.16. The van der Waals surface area contributed by atoms with Gasteiger partial charge in [0, 0.05) is 18.4 Å². The normalized spacial score (nSPS) is 14.3. The maximum absolute atomic E-state index is 12.1. The molecule has 0 aliphatic heterocycles. The minimum Gasteiger partial charge on any atom is -0.396 e. The number of hydrogen-bond donors (Lipinski definition) is 3. The molecule has 102 valence electrons. The molecule has 0 saturated heterocycles. The summed E-state index contributed by atoms with van der Waals surface area (Å²) in [6.45, 7) is 3.52. The van der Waals surface area contributed by atoms with Gasteiger partial charge in [-0.15, -0.1) is 11.3 Å². The minimum absolute atomic E-state index is 0.127. The lowest BCUT2D eigenvalue weighted by atomic mass is 10.1. The van der Waals surface area contributed by atoms with Gasteiger partial charge < -0.3 is 16.2 Å². The third-order valence-electron chi connectivity index (χ3n) is 2.64. The molecule has 0 saturated carbocycles. The molecule has 0 fully saturated rings. The number of amides is 1. The molecule has 0 radical (unpaired) electrons. The Labute approximate surface area is 114 Å². The first-order valence-corrected chi connectivity index (χ1v) is 6.78.